The number of benzene rings is 2. The number of thioether (sulfide) groups is 1. The molecule has 0 spiro atoms. The molecule has 1 heterocycles. The highest BCUT2D eigenvalue weighted by Crippen LogP contribution is 2.29. The number of rotatable bonds is 9. The van der Waals surface area contributed by atoms with E-state index in [0.717, 1.165) is 11.3 Å². The number of aromatic nitrogens is 3. The smallest absolute Gasteiger partial charge is 0.292 e. The Bertz CT molecular complexity index is 1120. The minimum Gasteiger partial charge on any atom is -0.497 e. The van der Waals surface area contributed by atoms with Crippen LogP contribution in [0.3, 0.4) is 0 Å². The number of ether oxygens (including phenoxy) is 1. The molecule has 0 radical (unpaired) electrons. The second-order valence-corrected chi connectivity index (χ2v) is 8.67. The first-order valence-electron chi connectivity index (χ1n) is 9.72. The lowest BCUT2D eigenvalue weighted by Gasteiger charge is -2.13. The molecule has 0 unspecified atom stereocenters. The van der Waals surface area contributed by atoms with Gasteiger partial charge in [-0.3, -0.25) is 14.9 Å². The van der Waals surface area contributed by atoms with E-state index in [9.17, 15) is 14.9 Å². The average molecular weight is 476 g/mol. The Morgan fingerprint density at radius 3 is 2.59 bits per heavy atom. The SMILES string of the molecule is COc1ccc(-c2nnc(SCC(=O)Nc3cc(Cl)ccc3[N+](=O)[O-])n2CC(C)C)cc1. The van der Waals surface area contributed by atoms with Crippen molar-refractivity contribution < 1.29 is 14.5 Å². The van der Waals surface area contributed by atoms with Crippen molar-refractivity contribution in [2.75, 3.05) is 18.2 Å². The molecule has 0 aliphatic rings. The number of hydrogen-bond acceptors (Lipinski definition) is 7. The second kappa shape index (κ2) is 10.5. The minimum atomic E-state index is -0.570. The zero-order valence-electron chi connectivity index (χ0n) is 17.7. The number of carbonyl (C=O) groups excluding carboxylic acids is 1. The molecule has 0 saturated heterocycles. The van der Waals surface area contributed by atoms with Crippen molar-refractivity contribution >= 4 is 40.6 Å². The summed E-state index contributed by atoms with van der Waals surface area (Å²) < 4.78 is 7.17. The van der Waals surface area contributed by atoms with E-state index in [1.54, 1.807) is 7.11 Å². The molecular formula is C21H22ClN5O4S. The van der Waals surface area contributed by atoms with Crippen LogP contribution in [0, 0.1) is 16.0 Å². The van der Waals surface area contributed by atoms with E-state index in [4.69, 9.17) is 16.3 Å². The van der Waals surface area contributed by atoms with Crippen LogP contribution >= 0.6 is 23.4 Å². The number of amides is 1. The van der Waals surface area contributed by atoms with E-state index in [1.165, 1.54) is 30.0 Å². The molecule has 168 valence electrons. The van der Waals surface area contributed by atoms with Gasteiger partial charge in [-0.2, -0.15) is 0 Å². The summed E-state index contributed by atoms with van der Waals surface area (Å²) in [4.78, 5) is 23.1. The van der Waals surface area contributed by atoms with Gasteiger partial charge in [-0.15, -0.1) is 10.2 Å². The summed E-state index contributed by atoms with van der Waals surface area (Å²) in [6.45, 7) is 4.83. The van der Waals surface area contributed by atoms with E-state index in [1.807, 2.05) is 28.8 Å². The first kappa shape index (κ1) is 23.6. The van der Waals surface area contributed by atoms with Gasteiger partial charge in [0.15, 0.2) is 11.0 Å². The first-order valence-corrected chi connectivity index (χ1v) is 11.1. The van der Waals surface area contributed by atoms with Crippen LogP contribution in [0.25, 0.3) is 11.4 Å². The third kappa shape index (κ3) is 5.77. The fraction of sp³-hybridized carbons (Fsp3) is 0.286. The molecular weight excluding hydrogens is 454 g/mol. The fourth-order valence-electron chi connectivity index (χ4n) is 2.96. The van der Waals surface area contributed by atoms with Crippen LogP contribution in [-0.4, -0.2) is 38.5 Å². The van der Waals surface area contributed by atoms with Crippen LogP contribution in [0.5, 0.6) is 5.75 Å². The van der Waals surface area contributed by atoms with Crippen molar-refractivity contribution in [3.05, 3.63) is 57.6 Å². The molecule has 0 aliphatic carbocycles. The minimum absolute atomic E-state index is 0.00249. The molecule has 9 nitrogen and oxygen atoms in total. The molecule has 0 fully saturated rings. The second-order valence-electron chi connectivity index (χ2n) is 7.29. The van der Waals surface area contributed by atoms with Gasteiger partial charge in [-0.1, -0.05) is 37.2 Å². The Labute approximate surface area is 194 Å². The van der Waals surface area contributed by atoms with E-state index < -0.39 is 10.8 Å². The Balaban J connectivity index is 1.77. The predicted octanol–water partition coefficient (Wildman–Crippen LogP) is 4.90. The fourth-order valence-corrected chi connectivity index (χ4v) is 3.88. The maximum absolute atomic E-state index is 12.5. The van der Waals surface area contributed by atoms with E-state index in [2.05, 4.69) is 29.4 Å². The number of nitro benzene ring substituents is 1. The van der Waals surface area contributed by atoms with Gasteiger partial charge >= 0.3 is 0 Å². The number of hydrogen-bond donors (Lipinski definition) is 1. The van der Waals surface area contributed by atoms with E-state index in [-0.39, 0.29) is 17.1 Å². The maximum Gasteiger partial charge on any atom is 0.292 e. The van der Waals surface area contributed by atoms with Crippen molar-refractivity contribution in [3.8, 4) is 17.1 Å². The number of carbonyl (C=O) groups is 1. The van der Waals surface area contributed by atoms with Crippen molar-refractivity contribution in [3.63, 3.8) is 0 Å². The molecule has 11 heteroatoms. The van der Waals surface area contributed by atoms with Gasteiger partial charge in [0.25, 0.3) is 5.69 Å². The number of halogens is 1. The van der Waals surface area contributed by atoms with Crippen LogP contribution in [0.15, 0.2) is 47.6 Å². The zero-order chi connectivity index (χ0) is 23.3. The number of methoxy groups -OCH3 is 1. The van der Waals surface area contributed by atoms with Crippen molar-refractivity contribution in [2.45, 2.75) is 25.5 Å². The van der Waals surface area contributed by atoms with Crippen LogP contribution in [0.1, 0.15) is 13.8 Å². The summed E-state index contributed by atoms with van der Waals surface area (Å²) in [7, 11) is 1.61. The summed E-state index contributed by atoms with van der Waals surface area (Å²) in [5.74, 6) is 1.35. The molecule has 0 atom stereocenters. The molecule has 1 aromatic heterocycles. The van der Waals surface area contributed by atoms with Crippen molar-refractivity contribution in [2.24, 2.45) is 5.92 Å². The monoisotopic (exact) mass is 475 g/mol. The molecule has 3 aromatic rings. The summed E-state index contributed by atoms with van der Waals surface area (Å²) in [6, 6.07) is 11.5. The van der Waals surface area contributed by atoms with E-state index in [0.29, 0.717) is 28.5 Å². The predicted molar refractivity (Wildman–Crippen MR) is 124 cm³/mol. The average Bonchev–Trinajstić information content (AvgIpc) is 3.14. The lowest BCUT2D eigenvalue weighted by Crippen LogP contribution is -2.16. The Morgan fingerprint density at radius 1 is 1.25 bits per heavy atom. The van der Waals surface area contributed by atoms with Gasteiger partial charge in [-0.05, 0) is 42.3 Å². The number of nitro groups is 1. The Morgan fingerprint density at radius 2 is 1.97 bits per heavy atom. The molecule has 0 saturated carbocycles. The number of anilines is 1. The summed E-state index contributed by atoms with van der Waals surface area (Å²) in [5.41, 5.74) is 0.706. The van der Waals surface area contributed by atoms with Gasteiger partial charge in [0.2, 0.25) is 5.91 Å². The standard InChI is InChI=1S/C21H22ClN5O4S/c1-13(2)11-26-20(14-4-7-16(31-3)8-5-14)24-25-21(26)32-12-19(28)23-17-10-15(22)6-9-18(17)27(29)30/h4-10,13H,11-12H2,1-3H3,(H,23,28). The van der Waals surface area contributed by atoms with Gasteiger partial charge in [0.1, 0.15) is 11.4 Å². The molecule has 2 aromatic carbocycles. The normalized spacial score (nSPS) is 10.9. The lowest BCUT2D eigenvalue weighted by atomic mass is 10.2. The van der Waals surface area contributed by atoms with Crippen LogP contribution in [0.4, 0.5) is 11.4 Å². The van der Waals surface area contributed by atoms with Gasteiger partial charge in [-0.25, -0.2) is 0 Å². The zero-order valence-corrected chi connectivity index (χ0v) is 19.3. The highest BCUT2D eigenvalue weighted by atomic mass is 35.5. The third-order valence-electron chi connectivity index (χ3n) is 4.37. The van der Waals surface area contributed by atoms with E-state index >= 15 is 0 Å². The Hall–Kier alpha value is -3.11. The molecule has 1 N–H and O–H groups in total. The molecule has 0 bridgehead atoms. The van der Waals surface area contributed by atoms with Crippen molar-refractivity contribution in [1.29, 1.82) is 0 Å². The highest BCUT2D eigenvalue weighted by Gasteiger charge is 2.19. The summed E-state index contributed by atoms with van der Waals surface area (Å²) >= 11 is 7.13. The lowest BCUT2D eigenvalue weighted by molar-refractivity contribution is -0.383. The third-order valence-corrected chi connectivity index (χ3v) is 5.58. The topological polar surface area (TPSA) is 112 Å². The maximum atomic E-state index is 12.5. The van der Waals surface area contributed by atoms with Gasteiger partial charge in [0, 0.05) is 23.2 Å². The Kier molecular flexibility index (Phi) is 7.70. The van der Waals surface area contributed by atoms with Crippen LogP contribution < -0.4 is 10.1 Å². The van der Waals surface area contributed by atoms with Crippen LogP contribution in [-0.2, 0) is 11.3 Å². The molecule has 0 aliphatic heterocycles. The van der Waals surface area contributed by atoms with Crippen molar-refractivity contribution in [1.82, 2.24) is 14.8 Å². The van der Waals surface area contributed by atoms with Crippen LogP contribution in [0.2, 0.25) is 5.02 Å². The number of nitrogens with one attached hydrogen (secondary N) is 1. The summed E-state index contributed by atoms with van der Waals surface area (Å²) in [5, 5.41) is 23.2. The van der Waals surface area contributed by atoms with Gasteiger partial charge < -0.3 is 14.6 Å². The highest BCUT2D eigenvalue weighted by molar-refractivity contribution is 7.99. The first-order chi connectivity index (χ1) is 15.3. The van der Waals surface area contributed by atoms with Gasteiger partial charge in [0.05, 0.1) is 17.8 Å². The molecule has 1 amide bonds. The summed E-state index contributed by atoms with van der Waals surface area (Å²) in [6.07, 6.45) is 0. The number of nitrogens with zero attached hydrogens (tertiary/aromatic N) is 4. The quantitative estimate of drug-likeness (QED) is 0.266. The molecule has 32 heavy (non-hydrogen) atoms. The molecule has 3 rings (SSSR count). The largest absolute Gasteiger partial charge is 0.497 e.